The summed E-state index contributed by atoms with van der Waals surface area (Å²) in [6.07, 6.45) is 0. The molecule has 0 unspecified atom stereocenters. The maximum Gasteiger partial charge on any atom is 0.338 e. The van der Waals surface area contributed by atoms with Crippen LogP contribution in [-0.4, -0.2) is 21.0 Å². The van der Waals surface area contributed by atoms with Gasteiger partial charge in [0.15, 0.2) is 0 Å². The van der Waals surface area contributed by atoms with Gasteiger partial charge in [0.2, 0.25) is 0 Å². The summed E-state index contributed by atoms with van der Waals surface area (Å²) >= 11 is 0. The molecule has 0 atom stereocenters. The van der Waals surface area contributed by atoms with Crippen molar-refractivity contribution in [3.05, 3.63) is 109 Å². The molecule has 2 heterocycles. The van der Waals surface area contributed by atoms with Crippen molar-refractivity contribution in [3.63, 3.8) is 0 Å². The number of hydrogen-bond acceptors (Lipinski definition) is 3. The molecule has 0 aliphatic rings. The maximum absolute atomic E-state index is 12.8. The van der Waals surface area contributed by atoms with Crippen LogP contribution in [0.3, 0.4) is 0 Å². The van der Waals surface area contributed by atoms with Crippen LogP contribution < -0.4 is 0 Å². The SMILES string of the molecule is O=C(O)c1c(-c2ccccc2)nc2ccc3ccccc3c2c1-c1ccc2ccccc2n1. The smallest absolute Gasteiger partial charge is 0.338 e. The quantitative estimate of drug-likeness (QED) is 0.310. The Hall–Kier alpha value is -4.57. The van der Waals surface area contributed by atoms with Crippen LogP contribution in [0.4, 0.5) is 0 Å². The van der Waals surface area contributed by atoms with E-state index in [2.05, 4.69) is 0 Å². The molecule has 33 heavy (non-hydrogen) atoms. The summed E-state index contributed by atoms with van der Waals surface area (Å²) < 4.78 is 0. The van der Waals surface area contributed by atoms with E-state index in [4.69, 9.17) is 9.97 Å². The topological polar surface area (TPSA) is 63.1 Å². The monoisotopic (exact) mass is 426 g/mol. The lowest BCUT2D eigenvalue weighted by Gasteiger charge is -2.17. The lowest BCUT2D eigenvalue weighted by molar-refractivity contribution is 0.0698. The number of nitrogens with zero attached hydrogens (tertiary/aromatic N) is 2. The first-order chi connectivity index (χ1) is 16.2. The Labute approximate surface area is 189 Å². The molecule has 2 aromatic heterocycles. The van der Waals surface area contributed by atoms with Gasteiger partial charge >= 0.3 is 5.97 Å². The van der Waals surface area contributed by atoms with Gasteiger partial charge in [-0.2, -0.15) is 0 Å². The molecular weight excluding hydrogens is 408 g/mol. The Bertz CT molecular complexity index is 1690. The molecule has 156 valence electrons. The molecule has 0 saturated carbocycles. The molecule has 0 spiro atoms. The summed E-state index contributed by atoms with van der Waals surface area (Å²) in [5.74, 6) is -1.03. The van der Waals surface area contributed by atoms with Crippen molar-refractivity contribution in [1.82, 2.24) is 9.97 Å². The molecule has 0 saturated heterocycles. The van der Waals surface area contributed by atoms with Crippen molar-refractivity contribution in [3.8, 4) is 22.5 Å². The standard InChI is InChI=1S/C29H18N2O2/c32-29(33)27-26(24-17-15-19-9-5-7-13-22(19)30-24)25-21-12-6-4-8-18(21)14-16-23(25)31-28(27)20-10-2-1-3-11-20/h1-17H,(H,32,33). The Morgan fingerprint density at radius 2 is 1.33 bits per heavy atom. The Morgan fingerprint density at radius 1 is 0.636 bits per heavy atom. The average molecular weight is 426 g/mol. The van der Waals surface area contributed by atoms with Crippen LogP contribution in [0.5, 0.6) is 0 Å². The van der Waals surface area contributed by atoms with Gasteiger partial charge in [0.25, 0.3) is 0 Å². The molecule has 6 aromatic rings. The van der Waals surface area contributed by atoms with E-state index in [0.29, 0.717) is 17.0 Å². The second kappa shape index (κ2) is 7.53. The normalized spacial score (nSPS) is 11.3. The van der Waals surface area contributed by atoms with Gasteiger partial charge < -0.3 is 5.11 Å². The van der Waals surface area contributed by atoms with Gasteiger partial charge in [-0.15, -0.1) is 0 Å². The molecule has 0 fully saturated rings. The Kier molecular flexibility index (Phi) is 4.37. The number of fused-ring (bicyclic) bond motifs is 4. The molecule has 0 aliphatic heterocycles. The summed E-state index contributed by atoms with van der Waals surface area (Å²) in [5, 5.41) is 14.2. The second-order valence-corrected chi connectivity index (χ2v) is 7.95. The van der Waals surface area contributed by atoms with Crippen molar-refractivity contribution in [2.75, 3.05) is 0 Å². The predicted molar refractivity (Wildman–Crippen MR) is 132 cm³/mol. The average Bonchev–Trinajstić information content (AvgIpc) is 2.87. The van der Waals surface area contributed by atoms with Gasteiger partial charge in [-0.3, -0.25) is 0 Å². The number of carboxylic acid groups (broad SMARTS) is 1. The zero-order valence-electron chi connectivity index (χ0n) is 17.6. The third kappa shape index (κ3) is 3.12. The highest BCUT2D eigenvalue weighted by Gasteiger charge is 2.25. The number of rotatable bonds is 3. The van der Waals surface area contributed by atoms with Crippen LogP contribution in [0.15, 0.2) is 103 Å². The van der Waals surface area contributed by atoms with E-state index in [-0.39, 0.29) is 5.56 Å². The van der Waals surface area contributed by atoms with Crippen LogP contribution in [0, 0.1) is 0 Å². The number of para-hydroxylation sites is 1. The van der Waals surface area contributed by atoms with E-state index < -0.39 is 5.97 Å². The number of pyridine rings is 2. The molecule has 0 aliphatic carbocycles. The number of aromatic nitrogens is 2. The Balaban J connectivity index is 1.83. The van der Waals surface area contributed by atoms with Crippen molar-refractivity contribution in [1.29, 1.82) is 0 Å². The van der Waals surface area contributed by atoms with Crippen molar-refractivity contribution in [2.24, 2.45) is 0 Å². The number of aromatic carboxylic acids is 1. The summed E-state index contributed by atoms with van der Waals surface area (Å²) in [4.78, 5) is 22.5. The lowest BCUT2D eigenvalue weighted by Crippen LogP contribution is -2.07. The fourth-order valence-corrected chi connectivity index (χ4v) is 4.51. The lowest BCUT2D eigenvalue weighted by atomic mass is 9.91. The van der Waals surface area contributed by atoms with Gasteiger partial charge in [-0.05, 0) is 29.0 Å². The third-order valence-electron chi connectivity index (χ3n) is 5.99. The largest absolute Gasteiger partial charge is 0.478 e. The van der Waals surface area contributed by atoms with Gasteiger partial charge in [-0.25, -0.2) is 14.8 Å². The van der Waals surface area contributed by atoms with Crippen LogP contribution >= 0.6 is 0 Å². The van der Waals surface area contributed by atoms with Gasteiger partial charge in [0, 0.05) is 21.9 Å². The fraction of sp³-hybridized carbons (Fsp3) is 0. The fourth-order valence-electron chi connectivity index (χ4n) is 4.51. The second-order valence-electron chi connectivity index (χ2n) is 7.95. The van der Waals surface area contributed by atoms with E-state index in [1.54, 1.807) is 0 Å². The van der Waals surface area contributed by atoms with Crippen molar-refractivity contribution >= 4 is 38.5 Å². The molecule has 4 nitrogen and oxygen atoms in total. The Morgan fingerprint density at radius 3 is 2.15 bits per heavy atom. The molecular formula is C29H18N2O2. The minimum absolute atomic E-state index is 0.160. The number of carbonyl (C=O) groups is 1. The summed E-state index contributed by atoms with van der Waals surface area (Å²) in [7, 11) is 0. The molecule has 4 aromatic carbocycles. The first kappa shape index (κ1) is 19.1. The highest BCUT2D eigenvalue weighted by molar-refractivity contribution is 6.19. The van der Waals surface area contributed by atoms with Crippen LogP contribution in [0.25, 0.3) is 55.1 Å². The van der Waals surface area contributed by atoms with Crippen LogP contribution in [0.1, 0.15) is 10.4 Å². The van der Waals surface area contributed by atoms with Gasteiger partial charge in [0.1, 0.15) is 0 Å². The molecule has 0 amide bonds. The van der Waals surface area contributed by atoms with Crippen molar-refractivity contribution < 1.29 is 9.90 Å². The highest BCUT2D eigenvalue weighted by Crippen LogP contribution is 2.40. The van der Waals surface area contributed by atoms with Crippen LogP contribution in [0.2, 0.25) is 0 Å². The van der Waals surface area contributed by atoms with E-state index in [9.17, 15) is 9.90 Å². The zero-order chi connectivity index (χ0) is 22.4. The number of hydrogen-bond donors (Lipinski definition) is 1. The molecule has 4 heteroatoms. The maximum atomic E-state index is 12.8. The van der Waals surface area contributed by atoms with Gasteiger partial charge in [-0.1, -0.05) is 84.9 Å². The van der Waals surface area contributed by atoms with Gasteiger partial charge in [0.05, 0.1) is 28.0 Å². The van der Waals surface area contributed by atoms with E-state index in [1.807, 2.05) is 103 Å². The molecule has 6 rings (SSSR count). The minimum atomic E-state index is -1.03. The molecule has 1 N–H and O–H groups in total. The summed E-state index contributed by atoms with van der Waals surface area (Å²) in [5.41, 5.74) is 4.12. The first-order valence-corrected chi connectivity index (χ1v) is 10.7. The number of benzene rings is 4. The van der Waals surface area contributed by atoms with Crippen LogP contribution in [-0.2, 0) is 0 Å². The van der Waals surface area contributed by atoms with E-state index in [0.717, 1.165) is 38.1 Å². The third-order valence-corrected chi connectivity index (χ3v) is 5.99. The first-order valence-electron chi connectivity index (χ1n) is 10.7. The van der Waals surface area contributed by atoms with E-state index >= 15 is 0 Å². The zero-order valence-corrected chi connectivity index (χ0v) is 17.6. The summed E-state index contributed by atoms with van der Waals surface area (Å²) in [6, 6.07) is 33.2. The molecule has 0 radical (unpaired) electrons. The highest BCUT2D eigenvalue weighted by atomic mass is 16.4. The van der Waals surface area contributed by atoms with Crippen molar-refractivity contribution in [2.45, 2.75) is 0 Å². The summed E-state index contributed by atoms with van der Waals surface area (Å²) in [6.45, 7) is 0. The molecule has 0 bridgehead atoms. The van der Waals surface area contributed by atoms with E-state index in [1.165, 1.54) is 0 Å². The minimum Gasteiger partial charge on any atom is -0.478 e. The number of carboxylic acids is 1. The predicted octanol–water partition coefficient (Wildman–Crippen LogP) is 6.97.